The van der Waals surface area contributed by atoms with Gasteiger partial charge in [-0.3, -0.25) is 4.79 Å². The zero-order chi connectivity index (χ0) is 37.3. The van der Waals surface area contributed by atoms with Crippen LogP contribution < -0.4 is 5.32 Å². The molecule has 0 radical (unpaired) electrons. The monoisotopic (exact) mass is 716 g/mol. The van der Waals surface area contributed by atoms with E-state index in [1.165, 1.54) is 135 Å². The van der Waals surface area contributed by atoms with Gasteiger partial charge >= 0.3 is 0 Å². The van der Waals surface area contributed by atoms with Crippen molar-refractivity contribution in [3.8, 4) is 0 Å². The number of aliphatic hydroxyl groups is 3. The molecular weight excluding hydrogens is 631 g/mol. The van der Waals surface area contributed by atoms with Gasteiger partial charge in [0.2, 0.25) is 5.91 Å². The van der Waals surface area contributed by atoms with E-state index < -0.39 is 18.2 Å². The summed E-state index contributed by atoms with van der Waals surface area (Å²) in [4.78, 5) is 12.4. The summed E-state index contributed by atoms with van der Waals surface area (Å²) in [7, 11) is 0. The highest BCUT2D eigenvalue weighted by atomic mass is 16.3. The van der Waals surface area contributed by atoms with E-state index in [1.54, 1.807) is 6.08 Å². The van der Waals surface area contributed by atoms with Crippen LogP contribution in [0.5, 0.6) is 0 Å². The minimum Gasteiger partial charge on any atom is -0.394 e. The first-order chi connectivity index (χ1) is 25.0. The third-order valence-corrected chi connectivity index (χ3v) is 9.82. The number of allylic oxidation sites excluding steroid dienone is 7. The minimum atomic E-state index is -0.964. The molecule has 0 fully saturated rings. The van der Waals surface area contributed by atoms with Crippen LogP contribution in [0.15, 0.2) is 48.6 Å². The third-order valence-electron chi connectivity index (χ3n) is 9.82. The quantitative estimate of drug-likeness (QED) is 0.0377. The predicted octanol–water partition coefficient (Wildman–Crippen LogP) is 12.5. The second kappa shape index (κ2) is 41.1. The fraction of sp³-hybridized carbons (Fsp3) is 0.804. The Morgan fingerprint density at radius 3 is 1.25 bits per heavy atom. The summed E-state index contributed by atoms with van der Waals surface area (Å²) in [5.41, 5.74) is 0. The Balaban J connectivity index is 3.78. The Bertz CT molecular complexity index is 835. The molecule has 0 rings (SSSR count). The molecule has 5 heteroatoms. The number of aliphatic hydroxyl groups excluding tert-OH is 3. The maximum Gasteiger partial charge on any atom is 0.222 e. The van der Waals surface area contributed by atoms with Crippen LogP contribution in [0.1, 0.15) is 213 Å². The highest BCUT2D eigenvalue weighted by Gasteiger charge is 2.20. The molecular formula is C46H85NO4. The van der Waals surface area contributed by atoms with Crippen molar-refractivity contribution in [3.05, 3.63) is 48.6 Å². The molecule has 0 aromatic rings. The summed E-state index contributed by atoms with van der Waals surface area (Å²) in [5, 5.41) is 33.2. The topological polar surface area (TPSA) is 89.8 Å². The maximum atomic E-state index is 12.4. The summed E-state index contributed by atoms with van der Waals surface area (Å²) in [5.74, 6) is -0.339. The van der Waals surface area contributed by atoms with Crippen molar-refractivity contribution in [2.45, 2.75) is 231 Å². The molecule has 0 aliphatic rings. The molecule has 1 amide bonds. The molecule has 0 aliphatic carbocycles. The average Bonchev–Trinajstić information content (AvgIpc) is 3.12. The van der Waals surface area contributed by atoms with Gasteiger partial charge in [-0.15, -0.1) is 0 Å². The minimum absolute atomic E-state index is 0.00906. The van der Waals surface area contributed by atoms with E-state index in [1.807, 2.05) is 6.08 Å². The summed E-state index contributed by atoms with van der Waals surface area (Å²) < 4.78 is 0. The molecule has 51 heavy (non-hydrogen) atoms. The van der Waals surface area contributed by atoms with E-state index in [9.17, 15) is 20.1 Å². The zero-order valence-corrected chi connectivity index (χ0v) is 33.7. The van der Waals surface area contributed by atoms with Crippen molar-refractivity contribution in [1.82, 2.24) is 5.32 Å². The number of amides is 1. The molecule has 4 N–H and O–H groups in total. The number of hydrogen-bond acceptors (Lipinski definition) is 4. The van der Waals surface area contributed by atoms with Gasteiger partial charge in [-0.2, -0.15) is 0 Å². The lowest BCUT2D eigenvalue weighted by Gasteiger charge is -2.20. The van der Waals surface area contributed by atoms with Crippen molar-refractivity contribution in [2.75, 3.05) is 6.61 Å². The number of nitrogens with one attached hydrogen (secondary N) is 1. The molecule has 0 aromatic heterocycles. The van der Waals surface area contributed by atoms with Crippen molar-refractivity contribution in [2.24, 2.45) is 0 Å². The first-order valence-electron chi connectivity index (χ1n) is 21.9. The fourth-order valence-electron chi connectivity index (χ4n) is 6.42. The van der Waals surface area contributed by atoms with Crippen LogP contribution in [0, 0.1) is 0 Å². The van der Waals surface area contributed by atoms with Crippen LogP contribution in [-0.4, -0.2) is 46.1 Å². The third kappa shape index (κ3) is 37.9. The van der Waals surface area contributed by atoms with Crippen molar-refractivity contribution < 1.29 is 20.1 Å². The molecule has 298 valence electrons. The molecule has 0 saturated carbocycles. The van der Waals surface area contributed by atoms with E-state index in [0.29, 0.717) is 6.42 Å². The lowest BCUT2D eigenvalue weighted by atomic mass is 10.0. The first kappa shape index (κ1) is 49.3. The van der Waals surface area contributed by atoms with Gasteiger partial charge in [-0.25, -0.2) is 0 Å². The van der Waals surface area contributed by atoms with Gasteiger partial charge in [0.1, 0.15) is 0 Å². The molecule has 0 aromatic carbocycles. The number of carbonyl (C=O) groups excluding carboxylic acids is 1. The molecule has 0 bridgehead atoms. The molecule has 0 saturated heterocycles. The Morgan fingerprint density at radius 1 is 0.490 bits per heavy atom. The van der Waals surface area contributed by atoms with Crippen molar-refractivity contribution >= 4 is 5.91 Å². The van der Waals surface area contributed by atoms with E-state index >= 15 is 0 Å². The van der Waals surface area contributed by atoms with Crippen LogP contribution in [0.4, 0.5) is 0 Å². The Morgan fingerprint density at radius 2 is 0.843 bits per heavy atom. The Kier molecular flexibility index (Phi) is 39.7. The molecule has 0 heterocycles. The van der Waals surface area contributed by atoms with E-state index in [4.69, 9.17) is 0 Å². The van der Waals surface area contributed by atoms with Crippen LogP contribution in [0.3, 0.4) is 0 Å². The second-order valence-electron chi connectivity index (χ2n) is 14.9. The van der Waals surface area contributed by atoms with Crippen LogP contribution in [0.25, 0.3) is 0 Å². The summed E-state index contributed by atoms with van der Waals surface area (Å²) in [6, 6.07) is -0.772. The largest absolute Gasteiger partial charge is 0.394 e. The summed E-state index contributed by atoms with van der Waals surface area (Å²) >= 11 is 0. The standard InChI is InChI=1S/C46H85NO4/c1-3-5-7-9-11-13-15-17-19-21-22-23-24-26-28-30-32-34-36-38-40-45(50)44(42-48)47-46(51)41-43(49)39-37-35-33-31-29-27-25-20-18-16-14-12-10-8-6-4-2/h23-24,27,29-30,32,38,40,43-45,48-50H,3-22,25-26,28,31,33-37,39,41-42H2,1-2H3,(H,47,51)/b24-23+,29-27-,32-30+,40-38+. The molecule has 0 spiro atoms. The lowest BCUT2D eigenvalue weighted by Crippen LogP contribution is -2.45. The van der Waals surface area contributed by atoms with E-state index in [0.717, 1.165) is 51.4 Å². The Labute approximate surface area is 316 Å². The number of hydrogen-bond donors (Lipinski definition) is 4. The van der Waals surface area contributed by atoms with Crippen LogP contribution in [-0.2, 0) is 4.79 Å². The number of rotatable bonds is 39. The van der Waals surface area contributed by atoms with E-state index in [2.05, 4.69) is 55.6 Å². The lowest BCUT2D eigenvalue weighted by molar-refractivity contribution is -0.124. The van der Waals surface area contributed by atoms with E-state index in [-0.39, 0.29) is 18.9 Å². The summed E-state index contributed by atoms with van der Waals surface area (Å²) in [6.07, 6.45) is 52.5. The predicted molar refractivity (Wildman–Crippen MR) is 222 cm³/mol. The highest BCUT2D eigenvalue weighted by Crippen LogP contribution is 2.14. The normalized spacial score (nSPS) is 14.1. The van der Waals surface area contributed by atoms with Crippen LogP contribution in [0.2, 0.25) is 0 Å². The van der Waals surface area contributed by atoms with Gasteiger partial charge in [0.25, 0.3) is 0 Å². The maximum absolute atomic E-state index is 12.4. The molecule has 0 aliphatic heterocycles. The van der Waals surface area contributed by atoms with Crippen LogP contribution >= 0.6 is 0 Å². The van der Waals surface area contributed by atoms with Gasteiger partial charge < -0.3 is 20.6 Å². The van der Waals surface area contributed by atoms with Gasteiger partial charge in [-0.1, -0.05) is 184 Å². The second-order valence-corrected chi connectivity index (χ2v) is 14.9. The van der Waals surface area contributed by atoms with Crippen molar-refractivity contribution in [1.29, 1.82) is 0 Å². The van der Waals surface area contributed by atoms with Gasteiger partial charge in [-0.05, 0) is 70.6 Å². The fourth-order valence-corrected chi connectivity index (χ4v) is 6.42. The van der Waals surface area contributed by atoms with Gasteiger partial charge in [0.15, 0.2) is 0 Å². The summed E-state index contributed by atoms with van der Waals surface area (Å²) in [6.45, 7) is 4.19. The highest BCUT2D eigenvalue weighted by molar-refractivity contribution is 5.76. The first-order valence-corrected chi connectivity index (χ1v) is 21.9. The van der Waals surface area contributed by atoms with Crippen molar-refractivity contribution in [3.63, 3.8) is 0 Å². The number of unbranched alkanes of at least 4 members (excludes halogenated alkanes) is 24. The molecule has 5 nitrogen and oxygen atoms in total. The average molecular weight is 716 g/mol. The molecule has 3 atom stereocenters. The Hall–Kier alpha value is -1.69. The smallest absolute Gasteiger partial charge is 0.222 e. The zero-order valence-electron chi connectivity index (χ0n) is 33.7. The SMILES string of the molecule is CCCCCCCCCCC/C=C\CCCCCC(O)CC(=O)NC(CO)C(O)/C=C/CC/C=C/CC/C=C/CCCCCCCCCCCC. The van der Waals surface area contributed by atoms with Gasteiger partial charge in [0.05, 0.1) is 31.3 Å². The molecule has 3 unspecified atom stereocenters. The number of carbonyl (C=O) groups is 1. The van der Waals surface area contributed by atoms with Gasteiger partial charge in [0, 0.05) is 0 Å².